The van der Waals surface area contributed by atoms with E-state index in [2.05, 4.69) is 22.2 Å². The molecule has 4 rings (SSSR count). The number of halogens is 1. The van der Waals surface area contributed by atoms with Crippen molar-refractivity contribution in [3.05, 3.63) is 35.0 Å². The molecule has 1 atom stereocenters. The fraction of sp³-hybridized carbons (Fsp3) is 0.583. The summed E-state index contributed by atoms with van der Waals surface area (Å²) in [5.74, 6) is 1.85. The Labute approximate surface area is 199 Å². The van der Waals surface area contributed by atoms with Gasteiger partial charge in [0.2, 0.25) is 5.91 Å². The minimum Gasteiger partial charge on any atom is -0.351 e. The SMILES string of the molecule is CSC[C@@H](NC(=O)c1cc2cc(Cl)ccc2[nH]1)C(=O)N1CCC(C2CCN(C)CC2)CC1. The predicted molar refractivity (Wildman–Crippen MR) is 132 cm³/mol. The van der Waals surface area contributed by atoms with Gasteiger partial charge in [0.25, 0.3) is 5.91 Å². The third-order valence-electron chi connectivity index (χ3n) is 7.05. The average Bonchev–Trinajstić information content (AvgIpc) is 3.22. The minimum atomic E-state index is -0.521. The number of rotatable bonds is 6. The van der Waals surface area contributed by atoms with Gasteiger partial charge in [-0.2, -0.15) is 11.8 Å². The van der Waals surface area contributed by atoms with E-state index >= 15 is 0 Å². The van der Waals surface area contributed by atoms with Crippen LogP contribution < -0.4 is 5.32 Å². The highest BCUT2D eigenvalue weighted by Gasteiger charge is 2.33. The second-order valence-corrected chi connectivity index (χ2v) is 10.5. The van der Waals surface area contributed by atoms with E-state index in [0.29, 0.717) is 16.5 Å². The molecule has 174 valence electrons. The van der Waals surface area contributed by atoms with Gasteiger partial charge in [-0.25, -0.2) is 0 Å². The van der Waals surface area contributed by atoms with E-state index in [4.69, 9.17) is 11.6 Å². The molecule has 8 heteroatoms. The van der Waals surface area contributed by atoms with Crippen molar-refractivity contribution in [2.45, 2.75) is 31.7 Å². The van der Waals surface area contributed by atoms with Gasteiger partial charge in [-0.15, -0.1) is 0 Å². The molecule has 2 N–H and O–H groups in total. The Morgan fingerprint density at radius 3 is 2.44 bits per heavy atom. The summed E-state index contributed by atoms with van der Waals surface area (Å²) in [4.78, 5) is 33.7. The number of carbonyl (C=O) groups is 2. The Bertz CT molecular complexity index is 949. The maximum absolute atomic E-state index is 13.3. The lowest BCUT2D eigenvalue weighted by Crippen LogP contribution is -2.52. The van der Waals surface area contributed by atoms with Crippen LogP contribution in [0.1, 0.15) is 36.2 Å². The molecule has 1 aromatic carbocycles. The number of fused-ring (bicyclic) bond motifs is 1. The number of benzene rings is 1. The Morgan fingerprint density at radius 2 is 1.78 bits per heavy atom. The van der Waals surface area contributed by atoms with Gasteiger partial charge < -0.3 is 20.1 Å². The zero-order valence-corrected chi connectivity index (χ0v) is 20.5. The van der Waals surface area contributed by atoms with Crippen LogP contribution in [0.2, 0.25) is 5.02 Å². The first-order chi connectivity index (χ1) is 15.4. The van der Waals surface area contributed by atoms with Gasteiger partial charge in [0.05, 0.1) is 0 Å². The summed E-state index contributed by atoms with van der Waals surface area (Å²) < 4.78 is 0. The summed E-state index contributed by atoms with van der Waals surface area (Å²) in [6.07, 6.45) is 6.65. The van der Waals surface area contributed by atoms with Gasteiger partial charge in [-0.3, -0.25) is 9.59 Å². The zero-order chi connectivity index (χ0) is 22.7. The topological polar surface area (TPSA) is 68.4 Å². The molecule has 0 saturated carbocycles. The van der Waals surface area contributed by atoms with E-state index in [-0.39, 0.29) is 11.8 Å². The van der Waals surface area contributed by atoms with Crippen LogP contribution in [-0.4, -0.2) is 77.9 Å². The van der Waals surface area contributed by atoms with Gasteiger partial charge in [-0.1, -0.05) is 11.6 Å². The Morgan fingerprint density at radius 1 is 1.12 bits per heavy atom. The molecular formula is C24H33ClN4O2S. The van der Waals surface area contributed by atoms with E-state index < -0.39 is 6.04 Å². The highest BCUT2D eigenvalue weighted by Crippen LogP contribution is 2.32. The van der Waals surface area contributed by atoms with Crippen LogP contribution >= 0.6 is 23.4 Å². The van der Waals surface area contributed by atoms with Crippen LogP contribution in [0.5, 0.6) is 0 Å². The molecule has 3 heterocycles. The van der Waals surface area contributed by atoms with Crippen LogP contribution in [-0.2, 0) is 4.79 Å². The Kier molecular flexibility index (Phi) is 7.69. The normalized spacial score (nSPS) is 19.9. The molecule has 0 unspecified atom stereocenters. The summed E-state index contributed by atoms with van der Waals surface area (Å²) in [6.45, 7) is 3.96. The second kappa shape index (κ2) is 10.5. The van der Waals surface area contributed by atoms with Crippen molar-refractivity contribution in [3.63, 3.8) is 0 Å². The first-order valence-electron chi connectivity index (χ1n) is 11.5. The third kappa shape index (κ3) is 5.43. The summed E-state index contributed by atoms with van der Waals surface area (Å²) in [6, 6.07) is 6.73. The minimum absolute atomic E-state index is 0.0358. The van der Waals surface area contributed by atoms with Crippen LogP contribution in [0.3, 0.4) is 0 Å². The van der Waals surface area contributed by atoms with E-state index in [9.17, 15) is 9.59 Å². The number of likely N-dealkylation sites (tertiary alicyclic amines) is 2. The highest BCUT2D eigenvalue weighted by atomic mass is 35.5. The van der Waals surface area contributed by atoms with E-state index in [1.165, 1.54) is 25.9 Å². The molecule has 2 aromatic rings. The quantitative estimate of drug-likeness (QED) is 0.664. The number of amides is 2. The molecule has 0 spiro atoms. The smallest absolute Gasteiger partial charge is 0.268 e. The lowest BCUT2D eigenvalue weighted by molar-refractivity contribution is -0.134. The highest BCUT2D eigenvalue weighted by molar-refractivity contribution is 7.98. The van der Waals surface area contributed by atoms with Crippen molar-refractivity contribution in [1.82, 2.24) is 20.1 Å². The first kappa shape index (κ1) is 23.5. The summed E-state index contributed by atoms with van der Waals surface area (Å²) in [5.41, 5.74) is 1.30. The zero-order valence-electron chi connectivity index (χ0n) is 18.9. The van der Waals surface area contributed by atoms with Crippen molar-refractivity contribution in [3.8, 4) is 0 Å². The number of carbonyl (C=O) groups excluding carboxylic acids is 2. The second-order valence-electron chi connectivity index (χ2n) is 9.20. The van der Waals surface area contributed by atoms with Crippen LogP contribution in [0.4, 0.5) is 0 Å². The van der Waals surface area contributed by atoms with Crippen molar-refractivity contribution < 1.29 is 9.59 Å². The molecule has 2 fully saturated rings. The third-order valence-corrected chi connectivity index (χ3v) is 7.95. The molecule has 2 amide bonds. The van der Waals surface area contributed by atoms with Crippen molar-refractivity contribution in [2.24, 2.45) is 11.8 Å². The predicted octanol–water partition coefficient (Wildman–Crippen LogP) is 3.86. The Balaban J connectivity index is 1.35. The van der Waals surface area contributed by atoms with Crippen molar-refractivity contribution >= 4 is 46.1 Å². The summed E-state index contributed by atoms with van der Waals surface area (Å²) in [5, 5.41) is 4.47. The molecule has 0 radical (unpaired) electrons. The van der Waals surface area contributed by atoms with Gasteiger partial charge in [-0.05, 0) is 88.2 Å². The van der Waals surface area contributed by atoms with Gasteiger partial charge in [0.15, 0.2) is 0 Å². The monoisotopic (exact) mass is 476 g/mol. The maximum atomic E-state index is 13.3. The van der Waals surface area contributed by atoms with E-state index in [0.717, 1.165) is 48.7 Å². The van der Waals surface area contributed by atoms with Crippen LogP contribution in [0.25, 0.3) is 10.9 Å². The molecule has 2 saturated heterocycles. The standard InChI is InChI=1S/C24H33ClN4O2S/c1-28-9-5-16(6-10-28)17-7-11-29(12-8-17)24(31)22(15-32-2)27-23(30)21-14-18-13-19(25)3-4-20(18)26-21/h3-4,13-14,16-17,22,26H,5-12,15H2,1-2H3,(H,27,30)/t22-/m1/s1. The molecule has 0 bridgehead atoms. The molecule has 6 nitrogen and oxygen atoms in total. The molecule has 32 heavy (non-hydrogen) atoms. The molecule has 2 aliphatic rings. The van der Waals surface area contributed by atoms with Gasteiger partial charge >= 0.3 is 0 Å². The largest absolute Gasteiger partial charge is 0.351 e. The first-order valence-corrected chi connectivity index (χ1v) is 13.3. The van der Waals surface area contributed by atoms with Gasteiger partial charge in [0.1, 0.15) is 11.7 Å². The number of hydrogen-bond donors (Lipinski definition) is 2. The van der Waals surface area contributed by atoms with Crippen LogP contribution in [0, 0.1) is 11.8 Å². The fourth-order valence-electron chi connectivity index (χ4n) is 5.11. The lowest BCUT2D eigenvalue weighted by Gasteiger charge is -2.40. The molecular weight excluding hydrogens is 444 g/mol. The van der Waals surface area contributed by atoms with Crippen molar-refractivity contribution in [1.29, 1.82) is 0 Å². The Hall–Kier alpha value is -1.70. The number of piperidine rings is 2. The summed E-state index contributed by atoms with van der Waals surface area (Å²) in [7, 11) is 2.20. The van der Waals surface area contributed by atoms with Crippen LogP contribution in [0.15, 0.2) is 24.3 Å². The number of aromatic nitrogens is 1. The number of H-pyrrole nitrogens is 1. The van der Waals surface area contributed by atoms with E-state index in [1.807, 2.05) is 23.3 Å². The number of hydrogen-bond acceptors (Lipinski definition) is 4. The molecule has 2 aliphatic heterocycles. The molecule has 1 aromatic heterocycles. The number of thioether (sulfide) groups is 1. The summed E-state index contributed by atoms with van der Waals surface area (Å²) >= 11 is 7.63. The lowest BCUT2D eigenvalue weighted by atomic mass is 9.79. The van der Waals surface area contributed by atoms with Gasteiger partial charge in [0, 0.05) is 34.8 Å². The van der Waals surface area contributed by atoms with Crippen molar-refractivity contribution in [2.75, 3.05) is 45.2 Å². The molecule has 0 aliphatic carbocycles. The fourth-order valence-corrected chi connectivity index (χ4v) is 5.85. The van der Waals surface area contributed by atoms with E-state index in [1.54, 1.807) is 23.9 Å². The number of aromatic amines is 1. The number of nitrogens with zero attached hydrogens (tertiary/aromatic N) is 2. The maximum Gasteiger partial charge on any atom is 0.268 e. The number of nitrogens with one attached hydrogen (secondary N) is 2. The average molecular weight is 477 g/mol.